The standard InChI is InChI=1S/C20H19Cl2N3O3.ClH/c21-14-3-1-13(16(22)10-14)11-24-7-5-15(6-8-24)25-18-9-12(19(26)27)2-4-17(18)23-20(25)28;/h1-4,9-10,15H,5-8,11H2,(H,23,28)(H,26,27);1H. The Morgan fingerprint density at radius 2 is 1.86 bits per heavy atom. The van der Waals surface area contributed by atoms with Gasteiger partial charge in [-0.05, 0) is 48.7 Å². The zero-order chi connectivity index (χ0) is 19.8. The van der Waals surface area contributed by atoms with Gasteiger partial charge in [0, 0.05) is 35.7 Å². The average molecular weight is 457 g/mol. The molecule has 0 unspecified atom stereocenters. The second-order valence-electron chi connectivity index (χ2n) is 7.08. The Morgan fingerprint density at radius 3 is 2.52 bits per heavy atom. The van der Waals surface area contributed by atoms with Gasteiger partial charge < -0.3 is 10.1 Å². The number of piperidine rings is 1. The first kappa shape index (κ1) is 21.7. The number of nitrogens with zero attached hydrogens (tertiary/aromatic N) is 2. The van der Waals surface area contributed by atoms with E-state index >= 15 is 0 Å². The molecule has 1 aromatic heterocycles. The molecular weight excluding hydrogens is 437 g/mol. The van der Waals surface area contributed by atoms with Crippen LogP contribution in [0.4, 0.5) is 0 Å². The first-order chi connectivity index (χ1) is 13.4. The largest absolute Gasteiger partial charge is 0.478 e. The van der Waals surface area contributed by atoms with Crippen molar-refractivity contribution in [3.05, 3.63) is 68.1 Å². The van der Waals surface area contributed by atoms with Gasteiger partial charge in [-0.1, -0.05) is 29.3 Å². The first-order valence-electron chi connectivity index (χ1n) is 9.06. The van der Waals surface area contributed by atoms with Crippen LogP contribution < -0.4 is 5.69 Å². The molecule has 1 fully saturated rings. The van der Waals surface area contributed by atoms with Crippen molar-refractivity contribution in [2.75, 3.05) is 13.1 Å². The van der Waals surface area contributed by atoms with Crippen LogP contribution in [-0.2, 0) is 6.54 Å². The highest BCUT2D eigenvalue weighted by Crippen LogP contribution is 2.28. The van der Waals surface area contributed by atoms with E-state index in [1.165, 1.54) is 6.07 Å². The Labute approximate surface area is 183 Å². The van der Waals surface area contributed by atoms with E-state index in [4.69, 9.17) is 23.2 Å². The van der Waals surface area contributed by atoms with E-state index in [-0.39, 0.29) is 29.7 Å². The molecule has 0 aliphatic carbocycles. The molecule has 4 rings (SSSR count). The van der Waals surface area contributed by atoms with Crippen LogP contribution in [0.5, 0.6) is 0 Å². The number of imidazole rings is 1. The van der Waals surface area contributed by atoms with Gasteiger partial charge in [0.15, 0.2) is 0 Å². The fourth-order valence-corrected chi connectivity index (χ4v) is 4.31. The van der Waals surface area contributed by atoms with Gasteiger partial charge in [-0.25, -0.2) is 9.59 Å². The minimum Gasteiger partial charge on any atom is -0.478 e. The van der Waals surface area contributed by atoms with Crippen LogP contribution in [0.25, 0.3) is 11.0 Å². The number of benzene rings is 2. The number of fused-ring (bicyclic) bond motifs is 1. The van der Waals surface area contributed by atoms with Crippen LogP contribution in [-0.4, -0.2) is 38.6 Å². The molecular formula is C20H20Cl3N3O3. The lowest BCUT2D eigenvalue weighted by atomic mass is 10.0. The van der Waals surface area contributed by atoms with Crippen molar-refractivity contribution in [2.45, 2.75) is 25.4 Å². The number of nitrogens with one attached hydrogen (secondary N) is 1. The van der Waals surface area contributed by atoms with Crippen LogP contribution in [0.1, 0.15) is 34.8 Å². The molecule has 154 valence electrons. The topological polar surface area (TPSA) is 78.3 Å². The van der Waals surface area contributed by atoms with Gasteiger partial charge in [-0.2, -0.15) is 0 Å². The summed E-state index contributed by atoms with van der Waals surface area (Å²) < 4.78 is 1.70. The summed E-state index contributed by atoms with van der Waals surface area (Å²) in [5.41, 5.74) is 2.31. The van der Waals surface area contributed by atoms with Crippen molar-refractivity contribution in [1.29, 1.82) is 0 Å². The number of hydrogen-bond donors (Lipinski definition) is 2. The van der Waals surface area contributed by atoms with Crippen molar-refractivity contribution in [3.8, 4) is 0 Å². The van der Waals surface area contributed by atoms with E-state index in [2.05, 4.69) is 9.88 Å². The zero-order valence-corrected chi connectivity index (χ0v) is 17.7. The third kappa shape index (κ3) is 4.46. The molecule has 6 nitrogen and oxygen atoms in total. The van der Waals surface area contributed by atoms with Gasteiger partial charge in [0.1, 0.15) is 0 Å². The lowest BCUT2D eigenvalue weighted by molar-refractivity contribution is 0.0697. The van der Waals surface area contributed by atoms with E-state index in [1.807, 2.05) is 12.1 Å². The summed E-state index contributed by atoms with van der Waals surface area (Å²) in [5, 5.41) is 10.5. The number of aromatic nitrogens is 2. The number of hydrogen-bond acceptors (Lipinski definition) is 3. The van der Waals surface area contributed by atoms with Gasteiger partial charge in [0.2, 0.25) is 0 Å². The highest BCUT2D eigenvalue weighted by Gasteiger charge is 2.24. The third-order valence-electron chi connectivity index (χ3n) is 5.30. The van der Waals surface area contributed by atoms with E-state index in [1.54, 1.807) is 22.8 Å². The third-order valence-corrected chi connectivity index (χ3v) is 5.88. The van der Waals surface area contributed by atoms with Gasteiger partial charge in [-0.3, -0.25) is 9.47 Å². The molecule has 0 radical (unpaired) electrons. The quantitative estimate of drug-likeness (QED) is 0.602. The van der Waals surface area contributed by atoms with Crippen LogP contribution in [0.15, 0.2) is 41.2 Å². The molecule has 0 saturated carbocycles. The first-order valence-corrected chi connectivity index (χ1v) is 9.82. The molecule has 0 atom stereocenters. The molecule has 1 aliphatic rings. The Bertz CT molecular complexity index is 1100. The molecule has 0 spiro atoms. The molecule has 0 amide bonds. The normalized spacial score (nSPS) is 15.4. The number of rotatable bonds is 4. The monoisotopic (exact) mass is 455 g/mol. The fourth-order valence-electron chi connectivity index (χ4n) is 3.84. The SMILES string of the molecule is Cl.O=C(O)c1ccc2[nH]c(=O)n(C3CCN(Cc4ccc(Cl)cc4Cl)CC3)c2c1. The Morgan fingerprint density at radius 1 is 1.14 bits per heavy atom. The van der Waals surface area contributed by atoms with Crippen LogP contribution in [0.3, 0.4) is 0 Å². The number of carboxylic acid groups (broad SMARTS) is 1. The minimum absolute atomic E-state index is 0. The average Bonchev–Trinajstić information content (AvgIpc) is 2.99. The summed E-state index contributed by atoms with van der Waals surface area (Å²) in [4.78, 5) is 28.9. The van der Waals surface area contributed by atoms with Gasteiger partial charge in [-0.15, -0.1) is 12.4 Å². The predicted molar refractivity (Wildman–Crippen MR) is 117 cm³/mol. The smallest absolute Gasteiger partial charge is 0.335 e. The molecule has 1 saturated heterocycles. The summed E-state index contributed by atoms with van der Waals surface area (Å²) in [6, 6.07) is 10.3. The maximum absolute atomic E-state index is 12.5. The van der Waals surface area contributed by atoms with Crippen LogP contribution in [0, 0.1) is 0 Å². The highest BCUT2D eigenvalue weighted by molar-refractivity contribution is 6.35. The number of halogens is 3. The number of H-pyrrole nitrogens is 1. The maximum atomic E-state index is 12.5. The zero-order valence-electron chi connectivity index (χ0n) is 15.4. The number of aromatic amines is 1. The van der Waals surface area contributed by atoms with Crippen molar-refractivity contribution in [3.63, 3.8) is 0 Å². The van der Waals surface area contributed by atoms with Gasteiger partial charge in [0.25, 0.3) is 0 Å². The molecule has 3 aromatic rings. The number of carbonyl (C=O) groups is 1. The molecule has 9 heteroatoms. The minimum atomic E-state index is -1.00. The van der Waals surface area contributed by atoms with Gasteiger partial charge in [0.05, 0.1) is 16.6 Å². The Kier molecular flexibility index (Phi) is 6.58. The van der Waals surface area contributed by atoms with Crippen molar-refractivity contribution >= 4 is 52.6 Å². The van der Waals surface area contributed by atoms with Crippen LogP contribution >= 0.6 is 35.6 Å². The molecule has 1 aliphatic heterocycles. The molecule has 2 N–H and O–H groups in total. The predicted octanol–water partition coefficient (Wildman–Crippen LogP) is 4.59. The Hall–Kier alpha value is -1.99. The lowest BCUT2D eigenvalue weighted by Crippen LogP contribution is -2.36. The molecule has 29 heavy (non-hydrogen) atoms. The fraction of sp³-hybridized carbons (Fsp3) is 0.300. The summed E-state index contributed by atoms with van der Waals surface area (Å²) >= 11 is 12.2. The second kappa shape index (κ2) is 8.79. The van der Waals surface area contributed by atoms with E-state index < -0.39 is 5.97 Å². The van der Waals surface area contributed by atoms with Crippen molar-refractivity contribution in [2.24, 2.45) is 0 Å². The molecule has 0 bridgehead atoms. The van der Waals surface area contributed by atoms with E-state index in [0.717, 1.165) is 38.0 Å². The number of aromatic carboxylic acids is 1. The van der Waals surface area contributed by atoms with E-state index in [0.29, 0.717) is 21.1 Å². The Balaban J connectivity index is 0.00000240. The highest BCUT2D eigenvalue weighted by atomic mass is 35.5. The van der Waals surface area contributed by atoms with Gasteiger partial charge >= 0.3 is 11.7 Å². The number of carboxylic acids is 1. The summed E-state index contributed by atoms with van der Waals surface area (Å²) in [7, 11) is 0. The van der Waals surface area contributed by atoms with Crippen molar-refractivity contribution < 1.29 is 9.90 Å². The van der Waals surface area contributed by atoms with Crippen molar-refractivity contribution in [1.82, 2.24) is 14.5 Å². The summed E-state index contributed by atoms with van der Waals surface area (Å²) in [5.74, 6) is -1.00. The molecule has 2 aromatic carbocycles. The summed E-state index contributed by atoms with van der Waals surface area (Å²) in [6.07, 6.45) is 1.60. The van der Waals surface area contributed by atoms with Crippen LogP contribution in [0.2, 0.25) is 10.0 Å². The maximum Gasteiger partial charge on any atom is 0.335 e. The molecule has 2 heterocycles. The second-order valence-corrected chi connectivity index (χ2v) is 7.92. The van der Waals surface area contributed by atoms with E-state index in [9.17, 15) is 14.7 Å². The summed E-state index contributed by atoms with van der Waals surface area (Å²) in [6.45, 7) is 2.37. The lowest BCUT2D eigenvalue weighted by Gasteiger charge is -2.32. The number of likely N-dealkylation sites (tertiary alicyclic amines) is 1.